The summed E-state index contributed by atoms with van der Waals surface area (Å²) in [7, 11) is -5.17. The van der Waals surface area contributed by atoms with Gasteiger partial charge in [-0.2, -0.15) is 0 Å². The van der Waals surface area contributed by atoms with Crippen molar-refractivity contribution in [1.82, 2.24) is 0 Å². The van der Waals surface area contributed by atoms with Crippen molar-refractivity contribution in [2.75, 3.05) is 0 Å². The Morgan fingerprint density at radius 2 is 1.14 bits per heavy atom. The van der Waals surface area contributed by atoms with Crippen molar-refractivity contribution in [2.24, 2.45) is 0 Å². The SMILES string of the molecule is O.O=S(=O)([O-])[O-].[Zr+4]. The first-order valence-electron chi connectivity index (χ1n) is 0.667. The monoisotopic (exact) mass is 204 g/mol. The zero-order valence-electron chi connectivity index (χ0n) is 3.04. The summed E-state index contributed by atoms with van der Waals surface area (Å²) in [6, 6.07) is 0. The van der Waals surface area contributed by atoms with Crippen molar-refractivity contribution in [2.45, 2.75) is 0 Å². The van der Waals surface area contributed by atoms with E-state index < -0.39 is 10.4 Å². The molecule has 2 N–H and O–H groups in total. The molecule has 0 aliphatic heterocycles. The molecule has 0 atom stereocenters. The van der Waals surface area contributed by atoms with Crippen LogP contribution in [0.5, 0.6) is 0 Å². The van der Waals surface area contributed by atoms with Crippen molar-refractivity contribution in [3.8, 4) is 0 Å². The van der Waals surface area contributed by atoms with Crippen LogP contribution in [0.2, 0.25) is 0 Å². The van der Waals surface area contributed by atoms with E-state index in [1.54, 1.807) is 0 Å². The van der Waals surface area contributed by atoms with E-state index in [1.807, 2.05) is 0 Å². The Morgan fingerprint density at radius 1 is 1.14 bits per heavy atom. The molecule has 0 fully saturated rings. The third kappa shape index (κ3) is 293. The van der Waals surface area contributed by atoms with E-state index in [-0.39, 0.29) is 31.7 Å². The van der Waals surface area contributed by atoms with Crippen molar-refractivity contribution in [1.29, 1.82) is 0 Å². The molecular formula is H2O5SZr+2. The molecule has 0 radical (unpaired) electrons. The first-order chi connectivity index (χ1) is 2.00. The Bertz CT molecular complexity index is 91.2. The largest absolute Gasteiger partial charge is 4.00 e. The molecule has 0 rings (SSSR count). The predicted molar refractivity (Wildman–Crippen MR) is 14.1 cm³/mol. The number of rotatable bonds is 0. The Kier molecular flexibility index (Phi) is 10.9. The van der Waals surface area contributed by atoms with E-state index in [1.165, 1.54) is 0 Å². The molecule has 0 saturated carbocycles. The van der Waals surface area contributed by atoms with E-state index in [0.29, 0.717) is 0 Å². The first kappa shape index (κ1) is 15.6. The minimum Gasteiger partial charge on any atom is -0.759 e. The Morgan fingerprint density at radius 3 is 1.14 bits per heavy atom. The summed E-state index contributed by atoms with van der Waals surface area (Å²) >= 11 is 0. The minimum atomic E-state index is -5.17. The van der Waals surface area contributed by atoms with Gasteiger partial charge in [-0.05, 0) is 0 Å². The maximum absolute atomic E-state index is 8.52. The molecular weight excluding hydrogens is 203 g/mol. The van der Waals surface area contributed by atoms with Gasteiger partial charge in [0.2, 0.25) is 0 Å². The Balaban J connectivity index is -0.0000000800. The van der Waals surface area contributed by atoms with Gasteiger partial charge in [0.25, 0.3) is 0 Å². The van der Waals surface area contributed by atoms with Crippen LogP contribution in [0.1, 0.15) is 0 Å². The van der Waals surface area contributed by atoms with Gasteiger partial charge in [-0.15, -0.1) is 0 Å². The quantitative estimate of drug-likeness (QED) is 0.331. The van der Waals surface area contributed by atoms with Crippen LogP contribution >= 0.6 is 0 Å². The molecule has 0 amide bonds. The minimum absolute atomic E-state index is 0. The molecule has 0 aliphatic carbocycles. The first-order valence-corrected chi connectivity index (χ1v) is 2.00. The van der Waals surface area contributed by atoms with Gasteiger partial charge in [-0.25, -0.2) is 0 Å². The fraction of sp³-hybridized carbons (Fsp3) is 0. The molecule has 40 valence electrons. The van der Waals surface area contributed by atoms with E-state index in [0.717, 1.165) is 0 Å². The second-order valence-electron chi connectivity index (χ2n) is 0.408. The van der Waals surface area contributed by atoms with Crippen molar-refractivity contribution in [3.05, 3.63) is 0 Å². The number of hydrogen-bond donors (Lipinski definition) is 0. The van der Waals surface area contributed by atoms with Gasteiger partial charge in [0.15, 0.2) is 0 Å². The van der Waals surface area contributed by atoms with E-state index in [4.69, 9.17) is 17.5 Å². The maximum atomic E-state index is 8.52. The van der Waals surface area contributed by atoms with Crippen LogP contribution < -0.4 is 0 Å². The van der Waals surface area contributed by atoms with E-state index in [2.05, 4.69) is 0 Å². The molecule has 0 aliphatic rings. The van der Waals surface area contributed by atoms with Crippen LogP contribution in [0.25, 0.3) is 0 Å². The topological polar surface area (TPSA) is 112 Å². The zero-order chi connectivity index (χ0) is 4.50. The summed E-state index contributed by atoms with van der Waals surface area (Å²) in [5.41, 5.74) is 0. The molecule has 7 heteroatoms. The van der Waals surface area contributed by atoms with Gasteiger partial charge in [-0.1, -0.05) is 0 Å². The average Bonchev–Trinajstić information content (AvgIpc) is 0.722. The average molecular weight is 205 g/mol. The predicted octanol–water partition coefficient (Wildman–Crippen LogP) is -2.17. The summed E-state index contributed by atoms with van der Waals surface area (Å²) in [6.07, 6.45) is 0. The molecule has 0 saturated heterocycles. The van der Waals surface area contributed by atoms with Crippen LogP contribution in [-0.4, -0.2) is 23.0 Å². The molecule has 0 spiro atoms. The molecule has 0 aromatic carbocycles. The second-order valence-corrected chi connectivity index (χ2v) is 1.22. The van der Waals surface area contributed by atoms with Crippen LogP contribution in [0.4, 0.5) is 0 Å². The molecule has 0 bridgehead atoms. The summed E-state index contributed by atoms with van der Waals surface area (Å²) in [4.78, 5) is 0. The van der Waals surface area contributed by atoms with Crippen LogP contribution in [0, 0.1) is 0 Å². The summed E-state index contributed by atoms with van der Waals surface area (Å²) < 4.78 is 34.1. The molecule has 7 heavy (non-hydrogen) atoms. The molecule has 0 unspecified atom stereocenters. The summed E-state index contributed by atoms with van der Waals surface area (Å²) in [5.74, 6) is 0. The Labute approximate surface area is 59.7 Å². The fourth-order valence-electron chi connectivity index (χ4n) is 0. The van der Waals surface area contributed by atoms with Gasteiger partial charge in [-0.3, -0.25) is 8.42 Å². The van der Waals surface area contributed by atoms with Crippen molar-refractivity contribution >= 4 is 10.4 Å². The maximum Gasteiger partial charge on any atom is 4.00 e. The van der Waals surface area contributed by atoms with Crippen molar-refractivity contribution in [3.63, 3.8) is 0 Å². The van der Waals surface area contributed by atoms with Gasteiger partial charge in [0.05, 0.1) is 0 Å². The van der Waals surface area contributed by atoms with E-state index in [9.17, 15) is 0 Å². The zero-order valence-corrected chi connectivity index (χ0v) is 6.32. The Hall–Kier alpha value is 0.713. The third-order valence-corrected chi connectivity index (χ3v) is 0. The molecule has 0 aromatic heterocycles. The molecule has 0 aromatic rings. The standard InChI is InChI=1S/H2O4S.H2O.Zr/c1-5(2,3)4;;/h(H2,1,2,3,4);1H2;/q;;+4/p-2. The van der Waals surface area contributed by atoms with Crippen LogP contribution in [-0.2, 0) is 36.6 Å². The number of hydrogen-bond acceptors (Lipinski definition) is 4. The van der Waals surface area contributed by atoms with Crippen molar-refractivity contribution < 1.29 is 49.2 Å². The smallest absolute Gasteiger partial charge is 0.759 e. The van der Waals surface area contributed by atoms with Gasteiger partial charge in [0, 0.05) is 10.4 Å². The molecule has 5 nitrogen and oxygen atoms in total. The van der Waals surface area contributed by atoms with Gasteiger partial charge >= 0.3 is 26.2 Å². The summed E-state index contributed by atoms with van der Waals surface area (Å²) in [5, 5.41) is 0. The van der Waals surface area contributed by atoms with Crippen LogP contribution in [0.15, 0.2) is 0 Å². The fourth-order valence-corrected chi connectivity index (χ4v) is 0. The third-order valence-electron chi connectivity index (χ3n) is 0. The molecule has 0 heterocycles. The van der Waals surface area contributed by atoms with Gasteiger partial charge < -0.3 is 14.6 Å². The normalized spacial score (nSPS) is 8.29. The summed E-state index contributed by atoms with van der Waals surface area (Å²) in [6.45, 7) is 0. The van der Waals surface area contributed by atoms with Crippen LogP contribution in [0.3, 0.4) is 0 Å². The van der Waals surface area contributed by atoms with E-state index >= 15 is 0 Å². The van der Waals surface area contributed by atoms with Gasteiger partial charge in [0.1, 0.15) is 0 Å². The second kappa shape index (κ2) is 4.86.